The average molecular weight is 549 g/mol. The molecule has 40 heavy (non-hydrogen) atoms. The van der Waals surface area contributed by atoms with Gasteiger partial charge >= 0.3 is 11.9 Å². The van der Waals surface area contributed by atoms with E-state index in [9.17, 15) is 20.1 Å². The van der Waals surface area contributed by atoms with Gasteiger partial charge in [0, 0.05) is 35.8 Å². The molecular formula is C30H36N4O6. The highest BCUT2D eigenvalue weighted by Gasteiger charge is 2.74. The zero-order valence-corrected chi connectivity index (χ0v) is 23.8. The summed E-state index contributed by atoms with van der Waals surface area (Å²) in [6.07, 6.45) is 8.21. The van der Waals surface area contributed by atoms with E-state index in [4.69, 9.17) is 18.9 Å². The summed E-state index contributed by atoms with van der Waals surface area (Å²) in [7, 11) is 0. The quantitative estimate of drug-likeness (QED) is 0.359. The molecule has 5 aliphatic heterocycles. The van der Waals surface area contributed by atoms with Crippen molar-refractivity contribution in [2.24, 2.45) is 17.3 Å². The van der Waals surface area contributed by atoms with E-state index in [2.05, 4.69) is 12.1 Å². The van der Waals surface area contributed by atoms with E-state index in [-0.39, 0.29) is 13.2 Å². The predicted octanol–water partition coefficient (Wildman–Crippen LogP) is 3.65. The number of fused-ring (bicyclic) bond motifs is 1. The van der Waals surface area contributed by atoms with Crippen molar-refractivity contribution in [3.05, 3.63) is 47.5 Å². The fourth-order valence-electron chi connectivity index (χ4n) is 7.23. The fourth-order valence-corrected chi connectivity index (χ4v) is 7.23. The molecule has 0 radical (unpaired) electrons. The maximum Gasteiger partial charge on any atom is 0.334 e. The number of esters is 2. The zero-order valence-electron chi connectivity index (χ0n) is 23.8. The molecule has 0 aromatic heterocycles. The van der Waals surface area contributed by atoms with E-state index < -0.39 is 58.9 Å². The lowest BCUT2D eigenvalue weighted by atomic mass is 9.53. The summed E-state index contributed by atoms with van der Waals surface area (Å²) in [5.74, 6) is -2.20. The van der Waals surface area contributed by atoms with Gasteiger partial charge in [-0.05, 0) is 52.7 Å². The van der Waals surface area contributed by atoms with E-state index in [1.165, 1.54) is 12.2 Å². The van der Waals surface area contributed by atoms with Crippen molar-refractivity contribution >= 4 is 11.9 Å². The van der Waals surface area contributed by atoms with Crippen LogP contribution in [0.1, 0.15) is 54.4 Å². The summed E-state index contributed by atoms with van der Waals surface area (Å²) >= 11 is 0. The smallest absolute Gasteiger partial charge is 0.334 e. The predicted molar refractivity (Wildman–Crippen MR) is 142 cm³/mol. The number of rotatable bonds is 6. The van der Waals surface area contributed by atoms with Gasteiger partial charge in [0.15, 0.2) is 0 Å². The standard InChI is InChI=1S/C30H36N4O6/c1-7-28(5)19(11-14-31)33-16-13-30(27(36)38-10-4)21-17-18(26(35)37-9-3)22(23(30)25(33)40-28)24-34(21)20(12-15-32)29(6,8-2)39-24/h11-13,16-17,21-25H,7-10H2,1-6H3/b19-11-,20-12-/t21?,22?,23?,24?,25?,28?,29?,30-/m1/s1. The molecule has 0 amide bonds. The molecule has 3 saturated heterocycles. The van der Waals surface area contributed by atoms with Crippen molar-refractivity contribution < 1.29 is 28.5 Å². The van der Waals surface area contributed by atoms with E-state index >= 15 is 0 Å². The van der Waals surface area contributed by atoms with Crippen molar-refractivity contribution in [2.75, 3.05) is 13.2 Å². The van der Waals surface area contributed by atoms with Gasteiger partial charge in [-0.2, -0.15) is 10.5 Å². The fraction of sp³-hybridized carbons (Fsp3) is 0.600. The first-order valence-electron chi connectivity index (χ1n) is 14.0. The monoisotopic (exact) mass is 548 g/mol. The van der Waals surface area contributed by atoms with E-state index in [1.807, 2.05) is 43.6 Å². The Kier molecular flexibility index (Phi) is 6.84. The summed E-state index contributed by atoms with van der Waals surface area (Å²) in [5.41, 5.74) is -1.11. The first-order chi connectivity index (χ1) is 19.1. The molecule has 2 bridgehead atoms. The molecule has 8 atom stereocenters. The van der Waals surface area contributed by atoms with Gasteiger partial charge in [-0.3, -0.25) is 4.79 Å². The topological polar surface area (TPSA) is 125 Å². The third kappa shape index (κ3) is 3.52. The lowest BCUT2D eigenvalue weighted by molar-refractivity contribution is -0.216. The van der Waals surface area contributed by atoms with Crippen LogP contribution in [0.25, 0.3) is 0 Å². The van der Waals surface area contributed by atoms with Crippen LogP contribution in [0.4, 0.5) is 0 Å². The van der Waals surface area contributed by atoms with Gasteiger partial charge in [-0.15, -0.1) is 0 Å². The van der Waals surface area contributed by atoms with Crippen LogP contribution in [0.5, 0.6) is 0 Å². The maximum absolute atomic E-state index is 14.1. The number of ether oxygens (including phenoxy) is 4. The number of carbonyl (C=O) groups is 2. The minimum Gasteiger partial charge on any atom is -0.465 e. The third-order valence-corrected chi connectivity index (χ3v) is 9.39. The SMILES string of the molecule is CCOC(=O)C1=CC2N3/C(=C\C#N)C(C)(CC)OC3C1C1C3OC(C)(CC)/C(=C/C#N)N3C=C[C@]12C(=O)OCC. The Morgan fingerprint density at radius 1 is 0.975 bits per heavy atom. The Morgan fingerprint density at radius 2 is 1.57 bits per heavy atom. The lowest BCUT2D eigenvalue weighted by Crippen LogP contribution is -2.72. The van der Waals surface area contributed by atoms with E-state index in [0.29, 0.717) is 29.8 Å². The number of allylic oxidation sites excluding steroid dienone is 2. The minimum absolute atomic E-state index is 0.169. The van der Waals surface area contributed by atoms with Crippen LogP contribution in [-0.4, -0.2) is 64.7 Å². The molecule has 3 fully saturated rings. The summed E-state index contributed by atoms with van der Waals surface area (Å²) in [4.78, 5) is 31.5. The Bertz CT molecular complexity index is 1320. The number of piperidine rings is 1. The molecule has 10 heteroatoms. The van der Waals surface area contributed by atoms with Crippen LogP contribution in [0.3, 0.4) is 0 Å². The van der Waals surface area contributed by atoms with E-state index in [0.717, 1.165) is 0 Å². The highest BCUT2D eigenvalue weighted by atomic mass is 16.6. The van der Waals surface area contributed by atoms with Crippen LogP contribution >= 0.6 is 0 Å². The number of carbonyl (C=O) groups excluding carboxylic acids is 2. The highest BCUT2D eigenvalue weighted by Crippen LogP contribution is 2.65. The lowest BCUT2D eigenvalue weighted by Gasteiger charge is -2.61. The number of hydrogen-bond donors (Lipinski definition) is 0. The first-order valence-corrected chi connectivity index (χ1v) is 14.0. The molecule has 5 heterocycles. The first kappa shape index (κ1) is 27.9. The third-order valence-electron chi connectivity index (χ3n) is 9.39. The number of nitriles is 2. The van der Waals surface area contributed by atoms with Crippen LogP contribution < -0.4 is 0 Å². The van der Waals surface area contributed by atoms with Crippen molar-refractivity contribution in [1.82, 2.24) is 9.80 Å². The highest BCUT2D eigenvalue weighted by molar-refractivity contribution is 5.92. The molecule has 0 saturated carbocycles. The second kappa shape index (κ2) is 9.79. The minimum atomic E-state index is -1.26. The Hall–Kier alpha value is -3.60. The van der Waals surface area contributed by atoms with Crippen molar-refractivity contribution in [3.8, 4) is 12.1 Å². The van der Waals surface area contributed by atoms with Crippen molar-refractivity contribution in [2.45, 2.75) is 84.1 Å². The van der Waals surface area contributed by atoms with Gasteiger partial charge in [0.2, 0.25) is 0 Å². The van der Waals surface area contributed by atoms with E-state index in [1.54, 1.807) is 26.1 Å². The largest absolute Gasteiger partial charge is 0.465 e. The second-order valence-electron chi connectivity index (χ2n) is 11.1. The van der Waals surface area contributed by atoms with Crippen molar-refractivity contribution in [1.29, 1.82) is 10.5 Å². The molecule has 0 N–H and O–H groups in total. The maximum atomic E-state index is 14.1. The molecule has 1 aliphatic carbocycles. The van der Waals surface area contributed by atoms with Crippen molar-refractivity contribution in [3.63, 3.8) is 0 Å². The van der Waals surface area contributed by atoms with Gasteiger partial charge in [0.1, 0.15) is 29.1 Å². The molecule has 7 unspecified atom stereocenters. The molecule has 212 valence electrons. The Morgan fingerprint density at radius 3 is 2.17 bits per heavy atom. The van der Waals surface area contributed by atoms with Gasteiger partial charge in [0.25, 0.3) is 0 Å². The summed E-state index contributed by atoms with van der Waals surface area (Å²) < 4.78 is 24.7. The second-order valence-corrected chi connectivity index (χ2v) is 11.1. The van der Waals surface area contributed by atoms with Crippen LogP contribution in [0.2, 0.25) is 0 Å². The molecule has 6 aliphatic rings. The molecule has 6 rings (SSSR count). The molecule has 0 aromatic carbocycles. The summed E-state index contributed by atoms with van der Waals surface area (Å²) in [6.45, 7) is 11.7. The normalized spacial score (nSPS) is 40.7. The molecule has 0 spiro atoms. The number of hydrogen-bond acceptors (Lipinski definition) is 10. The van der Waals surface area contributed by atoms with Gasteiger partial charge in [-0.1, -0.05) is 13.8 Å². The summed E-state index contributed by atoms with van der Waals surface area (Å²) in [6, 6.07) is 3.59. The number of nitrogens with zero attached hydrogens (tertiary/aromatic N) is 4. The zero-order chi connectivity index (χ0) is 29.0. The summed E-state index contributed by atoms with van der Waals surface area (Å²) in [5, 5.41) is 19.4. The van der Waals surface area contributed by atoms with Gasteiger partial charge in [-0.25, -0.2) is 4.79 Å². The Labute approximate surface area is 235 Å². The molecule has 0 aromatic rings. The van der Waals surface area contributed by atoms with Crippen LogP contribution in [-0.2, 0) is 28.5 Å². The molecular weight excluding hydrogens is 512 g/mol. The Balaban J connectivity index is 1.79. The van der Waals surface area contributed by atoms with Gasteiger partial charge in [0.05, 0.1) is 42.8 Å². The van der Waals surface area contributed by atoms with Gasteiger partial charge < -0.3 is 28.7 Å². The molecule has 10 nitrogen and oxygen atoms in total. The van der Waals surface area contributed by atoms with Crippen LogP contribution in [0.15, 0.2) is 47.5 Å². The van der Waals surface area contributed by atoms with Crippen LogP contribution in [0, 0.1) is 39.9 Å². The average Bonchev–Trinajstić information content (AvgIpc) is 3.41.